The van der Waals surface area contributed by atoms with Crippen molar-refractivity contribution >= 4 is 0 Å². The number of aliphatic hydroxyl groups excluding tert-OH is 1. The molecule has 1 unspecified atom stereocenters. The molecular formula is C11H21NO. The van der Waals surface area contributed by atoms with Gasteiger partial charge in [-0.3, -0.25) is 4.90 Å². The molecule has 0 aromatic carbocycles. The summed E-state index contributed by atoms with van der Waals surface area (Å²) in [6, 6.07) is 0. The molecule has 0 rings (SSSR count). The molecule has 2 heteroatoms. The number of allylic oxidation sites excluding steroid dienone is 3. The van der Waals surface area contributed by atoms with Gasteiger partial charge in [0.25, 0.3) is 0 Å². The van der Waals surface area contributed by atoms with Crippen molar-refractivity contribution in [3.8, 4) is 0 Å². The van der Waals surface area contributed by atoms with Crippen molar-refractivity contribution in [3.63, 3.8) is 0 Å². The maximum Gasteiger partial charge on any atom is 0.104 e. The first kappa shape index (κ1) is 12.4. The first-order valence-electron chi connectivity index (χ1n) is 4.83. The molecule has 0 aromatic heterocycles. The summed E-state index contributed by atoms with van der Waals surface area (Å²) in [4.78, 5) is 1.88. The fourth-order valence-electron chi connectivity index (χ4n) is 0.870. The van der Waals surface area contributed by atoms with Gasteiger partial charge in [-0.15, -0.1) is 0 Å². The molecule has 0 aromatic rings. The number of nitrogens with zero attached hydrogens (tertiary/aromatic N) is 1. The number of aliphatic hydroxyl groups is 1. The predicted molar refractivity (Wildman–Crippen MR) is 57.5 cm³/mol. The number of rotatable bonds is 6. The minimum atomic E-state index is -0.361. The lowest BCUT2D eigenvalue weighted by molar-refractivity contribution is 0.0469. The average Bonchev–Trinajstić information content (AvgIpc) is 2.10. The quantitative estimate of drug-likeness (QED) is 0.387. The molecule has 0 fully saturated rings. The van der Waals surface area contributed by atoms with Gasteiger partial charge in [0.05, 0.1) is 0 Å². The van der Waals surface area contributed by atoms with Crippen LogP contribution in [0.5, 0.6) is 0 Å². The van der Waals surface area contributed by atoms with Gasteiger partial charge in [-0.25, -0.2) is 0 Å². The minimum absolute atomic E-state index is 0.361. The molecule has 76 valence electrons. The van der Waals surface area contributed by atoms with E-state index in [1.54, 1.807) is 6.92 Å². The fourth-order valence-corrected chi connectivity index (χ4v) is 0.870. The van der Waals surface area contributed by atoms with Crippen LogP contribution in [0.4, 0.5) is 0 Å². The molecule has 0 aliphatic carbocycles. The molecule has 1 atom stereocenters. The summed E-state index contributed by atoms with van der Waals surface area (Å²) in [6.07, 6.45) is 10.3. The lowest BCUT2D eigenvalue weighted by Crippen LogP contribution is -2.28. The van der Waals surface area contributed by atoms with Crippen LogP contribution in [-0.4, -0.2) is 29.8 Å². The van der Waals surface area contributed by atoms with Crippen LogP contribution < -0.4 is 0 Å². The fraction of sp³-hybridized carbons (Fsp3) is 0.636. The van der Waals surface area contributed by atoms with E-state index in [9.17, 15) is 0 Å². The molecule has 0 heterocycles. The normalized spacial score (nSPS) is 14.8. The highest BCUT2D eigenvalue weighted by Gasteiger charge is 1.99. The summed E-state index contributed by atoms with van der Waals surface area (Å²) < 4.78 is 0. The molecule has 0 radical (unpaired) electrons. The molecule has 0 saturated heterocycles. The number of likely N-dealkylation sites (N-methyl/N-ethyl adjacent to an activating group) is 1. The Kier molecular flexibility index (Phi) is 7.65. The summed E-state index contributed by atoms with van der Waals surface area (Å²) in [7, 11) is 1.90. The number of unbranched alkanes of at least 4 members (excludes halogenated alkanes) is 1. The van der Waals surface area contributed by atoms with Crippen LogP contribution in [0.15, 0.2) is 24.3 Å². The molecule has 0 bridgehead atoms. The molecule has 1 N–H and O–H groups in total. The summed E-state index contributed by atoms with van der Waals surface area (Å²) in [5.41, 5.74) is 0. The van der Waals surface area contributed by atoms with E-state index in [0.29, 0.717) is 0 Å². The van der Waals surface area contributed by atoms with Gasteiger partial charge < -0.3 is 5.11 Å². The van der Waals surface area contributed by atoms with Gasteiger partial charge >= 0.3 is 0 Å². The first-order valence-corrected chi connectivity index (χ1v) is 4.83. The largest absolute Gasteiger partial charge is 0.379 e. The Morgan fingerprint density at radius 1 is 1.23 bits per heavy atom. The van der Waals surface area contributed by atoms with Crippen molar-refractivity contribution in [1.29, 1.82) is 0 Å². The molecule has 13 heavy (non-hydrogen) atoms. The van der Waals surface area contributed by atoms with Crippen LogP contribution in [0.1, 0.15) is 26.7 Å². The van der Waals surface area contributed by atoms with Crippen LogP contribution >= 0.6 is 0 Å². The van der Waals surface area contributed by atoms with Crippen molar-refractivity contribution < 1.29 is 5.11 Å². The summed E-state index contributed by atoms with van der Waals surface area (Å²) in [6.45, 7) is 4.62. The number of hydrogen-bond donors (Lipinski definition) is 1. The molecule has 0 amide bonds. The van der Waals surface area contributed by atoms with E-state index in [1.165, 1.54) is 0 Å². The van der Waals surface area contributed by atoms with Gasteiger partial charge in [-0.1, -0.05) is 24.3 Å². The molecule has 0 aliphatic rings. The third kappa shape index (κ3) is 7.75. The molecule has 0 aliphatic heterocycles. The lowest BCUT2D eigenvalue weighted by Gasteiger charge is -2.17. The summed E-state index contributed by atoms with van der Waals surface area (Å²) in [5.74, 6) is 0. The second-order valence-electron chi connectivity index (χ2n) is 3.19. The third-order valence-corrected chi connectivity index (χ3v) is 1.93. The molecule has 2 nitrogen and oxygen atoms in total. The van der Waals surface area contributed by atoms with E-state index >= 15 is 0 Å². The van der Waals surface area contributed by atoms with E-state index in [2.05, 4.69) is 24.3 Å². The van der Waals surface area contributed by atoms with E-state index < -0.39 is 0 Å². The van der Waals surface area contributed by atoms with Gasteiger partial charge in [0.2, 0.25) is 0 Å². The van der Waals surface area contributed by atoms with Crippen LogP contribution in [0.25, 0.3) is 0 Å². The third-order valence-electron chi connectivity index (χ3n) is 1.93. The zero-order valence-corrected chi connectivity index (χ0v) is 8.90. The van der Waals surface area contributed by atoms with E-state index in [1.807, 2.05) is 18.9 Å². The smallest absolute Gasteiger partial charge is 0.104 e. The van der Waals surface area contributed by atoms with Gasteiger partial charge in [-0.05, 0) is 33.7 Å². The maximum absolute atomic E-state index is 9.14. The van der Waals surface area contributed by atoms with Crippen LogP contribution in [0.3, 0.4) is 0 Å². The zero-order valence-electron chi connectivity index (χ0n) is 8.90. The van der Waals surface area contributed by atoms with Crippen molar-refractivity contribution in [2.45, 2.75) is 32.9 Å². The highest BCUT2D eigenvalue weighted by molar-refractivity contribution is 4.88. The van der Waals surface area contributed by atoms with Crippen molar-refractivity contribution in [3.05, 3.63) is 24.3 Å². The van der Waals surface area contributed by atoms with E-state index in [4.69, 9.17) is 5.11 Å². The average molecular weight is 183 g/mol. The summed E-state index contributed by atoms with van der Waals surface area (Å²) in [5, 5.41) is 9.14. The standard InChI is InChI=1S/C11H21NO/c1-4-5-6-7-8-9-10-12(3)11(2)13/h4-5,8-9,11,13H,6-7,10H2,1-3H3/b5-4+,9-8+. The van der Waals surface area contributed by atoms with Crippen molar-refractivity contribution in [2.24, 2.45) is 0 Å². The van der Waals surface area contributed by atoms with Crippen molar-refractivity contribution in [2.75, 3.05) is 13.6 Å². The first-order chi connectivity index (χ1) is 6.18. The van der Waals surface area contributed by atoms with E-state index in [0.717, 1.165) is 19.4 Å². The Balaban J connectivity index is 3.40. The SMILES string of the molecule is C/C=C/CC/C=C/CN(C)C(C)O. The highest BCUT2D eigenvalue weighted by Crippen LogP contribution is 1.95. The van der Waals surface area contributed by atoms with Crippen LogP contribution in [0.2, 0.25) is 0 Å². The Morgan fingerprint density at radius 2 is 1.85 bits per heavy atom. The lowest BCUT2D eigenvalue weighted by atomic mass is 10.2. The predicted octanol–water partition coefficient (Wildman–Crippen LogP) is 2.17. The Bertz CT molecular complexity index is 161. The molecular weight excluding hydrogens is 162 g/mol. The van der Waals surface area contributed by atoms with Crippen LogP contribution in [-0.2, 0) is 0 Å². The van der Waals surface area contributed by atoms with Crippen molar-refractivity contribution in [1.82, 2.24) is 4.90 Å². The zero-order chi connectivity index (χ0) is 10.1. The van der Waals surface area contributed by atoms with Crippen LogP contribution in [0, 0.1) is 0 Å². The second-order valence-corrected chi connectivity index (χ2v) is 3.19. The Labute approximate surface area is 81.6 Å². The van der Waals surface area contributed by atoms with Gasteiger partial charge in [0.15, 0.2) is 0 Å². The Hall–Kier alpha value is -0.600. The summed E-state index contributed by atoms with van der Waals surface area (Å²) >= 11 is 0. The maximum atomic E-state index is 9.14. The molecule has 0 spiro atoms. The minimum Gasteiger partial charge on any atom is -0.379 e. The highest BCUT2D eigenvalue weighted by atomic mass is 16.3. The van der Waals surface area contributed by atoms with E-state index in [-0.39, 0.29) is 6.23 Å². The van der Waals surface area contributed by atoms with Gasteiger partial charge in [0.1, 0.15) is 6.23 Å². The van der Waals surface area contributed by atoms with Gasteiger partial charge in [-0.2, -0.15) is 0 Å². The topological polar surface area (TPSA) is 23.5 Å². The number of hydrogen-bond acceptors (Lipinski definition) is 2. The molecule has 0 saturated carbocycles. The second kappa shape index (κ2) is 8.02. The van der Waals surface area contributed by atoms with Gasteiger partial charge in [0, 0.05) is 6.54 Å². The Morgan fingerprint density at radius 3 is 2.38 bits per heavy atom. The monoisotopic (exact) mass is 183 g/mol.